The largest absolute Gasteiger partial charge is 0.343 e. The predicted octanol–water partition coefficient (Wildman–Crippen LogP) is 4.91. The maximum absolute atomic E-state index is 6.23. The number of nitrogens with one attached hydrogen (secondary N) is 1. The molecule has 1 aromatic carbocycles. The van der Waals surface area contributed by atoms with E-state index in [0.717, 1.165) is 18.7 Å². The predicted molar refractivity (Wildman–Crippen MR) is 108 cm³/mol. The second-order valence-electron chi connectivity index (χ2n) is 5.97. The van der Waals surface area contributed by atoms with Crippen molar-refractivity contribution in [1.29, 1.82) is 0 Å². The molecule has 3 aromatic rings. The molecule has 0 bridgehead atoms. The number of pyridine rings is 1. The fourth-order valence-corrected chi connectivity index (χ4v) is 2.80. The molecule has 26 heavy (non-hydrogen) atoms. The van der Waals surface area contributed by atoms with Gasteiger partial charge in [-0.2, -0.15) is 4.98 Å². The summed E-state index contributed by atoms with van der Waals surface area (Å²) in [6.07, 6.45) is 4.49. The molecular formula is C19H19Cl2N5. The van der Waals surface area contributed by atoms with Gasteiger partial charge in [0.2, 0.25) is 5.95 Å². The van der Waals surface area contributed by atoms with Crippen LogP contribution < -0.4 is 10.2 Å². The van der Waals surface area contributed by atoms with Gasteiger partial charge in [-0.05, 0) is 49.2 Å². The van der Waals surface area contributed by atoms with E-state index in [1.165, 1.54) is 5.56 Å². The molecule has 0 aliphatic carbocycles. The van der Waals surface area contributed by atoms with Crippen molar-refractivity contribution in [2.24, 2.45) is 0 Å². The molecule has 0 aliphatic rings. The van der Waals surface area contributed by atoms with E-state index in [1.807, 2.05) is 37.1 Å². The minimum atomic E-state index is 0.582. The maximum atomic E-state index is 6.23. The van der Waals surface area contributed by atoms with Gasteiger partial charge in [-0.25, -0.2) is 4.98 Å². The Hall–Kier alpha value is -2.37. The van der Waals surface area contributed by atoms with Crippen LogP contribution in [0, 0.1) is 6.92 Å². The van der Waals surface area contributed by atoms with Gasteiger partial charge >= 0.3 is 0 Å². The SMILES string of the molecule is Cc1cc(Nc2cc(Cl)ccc2Cl)nc(N(C)CCc2ccncc2)n1. The molecule has 5 nitrogen and oxygen atoms in total. The summed E-state index contributed by atoms with van der Waals surface area (Å²) in [5.74, 6) is 1.33. The van der Waals surface area contributed by atoms with Crippen LogP contribution in [0.3, 0.4) is 0 Å². The standard InChI is InChI=1S/C19H19Cl2N5/c1-13-11-18(24-17-12-15(20)3-4-16(17)21)25-19(23-13)26(2)10-7-14-5-8-22-9-6-14/h3-6,8-9,11-12H,7,10H2,1-2H3,(H,23,24,25). The van der Waals surface area contributed by atoms with Crippen molar-refractivity contribution >= 4 is 40.7 Å². The lowest BCUT2D eigenvalue weighted by molar-refractivity contribution is 0.833. The van der Waals surface area contributed by atoms with E-state index in [1.54, 1.807) is 30.6 Å². The number of rotatable bonds is 6. The van der Waals surface area contributed by atoms with Crippen LogP contribution in [0.25, 0.3) is 0 Å². The fourth-order valence-electron chi connectivity index (χ4n) is 2.47. The molecule has 2 heterocycles. The third-order valence-electron chi connectivity index (χ3n) is 3.86. The van der Waals surface area contributed by atoms with Gasteiger partial charge in [0.25, 0.3) is 0 Å². The molecule has 0 spiro atoms. The molecule has 2 aromatic heterocycles. The molecular weight excluding hydrogens is 369 g/mol. The molecule has 0 fully saturated rings. The highest BCUT2D eigenvalue weighted by Crippen LogP contribution is 2.28. The van der Waals surface area contributed by atoms with Crippen LogP contribution in [0.4, 0.5) is 17.5 Å². The van der Waals surface area contributed by atoms with Crippen LogP contribution in [-0.2, 0) is 6.42 Å². The Labute approximate surface area is 163 Å². The molecule has 0 saturated heterocycles. The highest BCUT2D eigenvalue weighted by atomic mass is 35.5. The third-order valence-corrected chi connectivity index (χ3v) is 4.42. The number of hydrogen-bond donors (Lipinski definition) is 1. The number of nitrogens with zero attached hydrogens (tertiary/aromatic N) is 4. The number of halogens is 2. The lowest BCUT2D eigenvalue weighted by atomic mass is 10.2. The molecule has 0 radical (unpaired) electrons. The first-order valence-electron chi connectivity index (χ1n) is 8.19. The Morgan fingerprint density at radius 3 is 2.58 bits per heavy atom. The zero-order chi connectivity index (χ0) is 18.5. The summed E-state index contributed by atoms with van der Waals surface area (Å²) in [4.78, 5) is 15.2. The van der Waals surface area contributed by atoms with Crippen molar-refractivity contribution < 1.29 is 0 Å². The first kappa shape index (κ1) is 18.4. The Morgan fingerprint density at radius 2 is 1.81 bits per heavy atom. The zero-order valence-electron chi connectivity index (χ0n) is 14.6. The first-order chi connectivity index (χ1) is 12.5. The van der Waals surface area contributed by atoms with Crippen LogP contribution in [-0.4, -0.2) is 28.5 Å². The van der Waals surface area contributed by atoms with Gasteiger partial charge in [0.15, 0.2) is 0 Å². The highest BCUT2D eigenvalue weighted by molar-refractivity contribution is 6.35. The Bertz CT molecular complexity index is 886. The number of aromatic nitrogens is 3. The Balaban J connectivity index is 1.75. The molecule has 3 rings (SSSR count). The van der Waals surface area contributed by atoms with E-state index in [9.17, 15) is 0 Å². The number of likely N-dealkylation sites (N-methyl/N-ethyl adjacent to an activating group) is 1. The van der Waals surface area contributed by atoms with Crippen LogP contribution in [0.5, 0.6) is 0 Å². The highest BCUT2D eigenvalue weighted by Gasteiger charge is 2.09. The smallest absolute Gasteiger partial charge is 0.227 e. The first-order valence-corrected chi connectivity index (χ1v) is 8.94. The molecule has 134 valence electrons. The summed E-state index contributed by atoms with van der Waals surface area (Å²) in [5.41, 5.74) is 2.80. The summed E-state index contributed by atoms with van der Waals surface area (Å²) < 4.78 is 0. The molecule has 0 atom stereocenters. The van der Waals surface area contributed by atoms with Crippen molar-refractivity contribution in [2.75, 3.05) is 23.8 Å². The average molecular weight is 388 g/mol. The lowest BCUT2D eigenvalue weighted by Crippen LogP contribution is -2.23. The lowest BCUT2D eigenvalue weighted by Gasteiger charge is -2.19. The Morgan fingerprint density at radius 1 is 1.04 bits per heavy atom. The minimum Gasteiger partial charge on any atom is -0.343 e. The number of aryl methyl sites for hydroxylation is 1. The molecule has 0 amide bonds. The number of anilines is 3. The third kappa shape index (κ3) is 4.84. The van der Waals surface area contributed by atoms with Gasteiger partial charge in [0, 0.05) is 42.8 Å². The number of hydrogen-bond acceptors (Lipinski definition) is 5. The quantitative estimate of drug-likeness (QED) is 0.650. The van der Waals surface area contributed by atoms with E-state index < -0.39 is 0 Å². The van der Waals surface area contributed by atoms with Crippen LogP contribution >= 0.6 is 23.2 Å². The average Bonchev–Trinajstić information content (AvgIpc) is 2.63. The second-order valence-corrected chi connectivity index (χ2v) is 6.81. The maximum Gasteiger partial charge on any atom is 0.227 e. The van der Waals surface area contributed by atoms with Crippen LogP contribution in [0.2, 0.25) is 10.0 Å². The van der Waals surface area contributed by atoms with Crippen LogP contribution in [0.15, 0.2) is 48.8 Å². The molecule has 0 unspecified atom stereocenters. The summed E-state index contributed by atoms with van der Waals surface area (Å²) in [6.45, 7) is 2.73. The molecule has 7 heteroatoms. The van der Waals surface area contributed by atoms with E-state index in [4.69, 9.17) is 23.2 Å². The number of benzene rings is 1. The van der Waals surface area contributed by atoms with Crippen LogP contribution in [0.1, 0.15) is 11.3 Å². The minimum absolute atomic E-state index is 0.582. The van der Waals surface area contributed by atoms with Gasteiger partial charge in [-0.15, -0.1) is 0 Å². The monoisotopic (exact) mass is 387 g/mol. The van der Waals surface area contributed by atoms with Gasteiger partial charge < -0.3 is 10.2 Å². The van der Waals surface area contributed by atoms with Crippen molar-refractivity contribution in [1.82, 2.24) is 15.0 Å². The zero-order valence-corrected chi connectivity index (χ0v) is 16.1. The van der Waals surface area contributed by atoms with E-state index in [2.05, 4.69) is 20.3 Å². The van der Waals surface area contributed by atoms with Gasteiger partial charge in [-0.1, -0.05) is 23.2 Å². The Kier molecular flexibility index (Phi) is 5.91. The molecule has 1 N–H and O–H groups in total. The summed E-state index contributed by atoms with van der Waals surface area (Å²) >= 11 is 12.3. The van der Waals surface area contributed by atoms with E-state index >= 15 is 0 Å². The van der Waals surface area contributed by atoms with Crippen molar-refractivity contribution in [3.8, 4) is 0 Å². The van der Waals surface area contributed by atoms with E-state index in [-0.39, 0.29) is 0 Å². The topological polar surface area (TPSA) is 53.9 Å². The fraction of sp³-hybridized carbons (Fsp3) is 0.211. The van der Waals surface area contributed by atoms with Crippen molar-refractivity contribution in [2.45, 2.75) is 13.3 Å². The second kappa shape index (κ2) is 8.34. The summed E-state index contributed by atoms with van der Waals surface area (Å²) in [6, 6.07) is 11.2. The summed E-state index contributed by atoms with van der Waals surface area (Å²) in [5, 5.41) is 4.41. The summed E-state index contributed by atoms with van der Waals surface area (Å²) in [7, 11) is 1.98. The van der Waals surface area contributed by atoms with Crippen molar-refractivity contribution in [3.63, 3.8) is 0 Å². The molecule has 0 saturated carbocycles. The van der Waals surface area contributed by atoms with E-state index in [0.29, 0.717) is 27.5 Å². The van der Waals surface area contributed by atoms with Gasteiger partial charge in [-0.3, -0.25) is 4.98 Å². The van der Waals surface area contributed by atoms with Gasteiger partial charge in [0.05, 0.1) is 10.7 Å². The normalized spacial score (nSPS) is 10.6. The molecule has 0 aliphatic heterocycles. The van der Waals surface area contributed by atoms with Crippen molar-refractivity contribution in [3.05, 3.63) is 70.1 Å². The van der Waals surface area contributed by atoms with Gasteiger partial charge in [0.1, 0.15) is 5.82 Å².